The van der Waals surface area contributed by atoms with Gasteiger partial charge in [0.1, 0.15) is 0 Å². The number of H-pyrrole nitrogens is 1. The van der Waals surface area contributed by atoms with Gasteiger partial charge >= 0.3 is 5.69 Å². The van der Waals surface area contributed by atoms with Gasteiger partial charge in [-0.2, -0.15) is 14.7 Å². The Balaban J connectivity index is 2.27. The smallest absolute Gasteiger partial charge is 0.244 e. The second-order valence-electron chi connectivity index (χ2n) is 3.98. The molecule has 0 aliphatic rings. The average molecular weight is 305 g/mol. The van der Waals surface area contributed by atoms with Gasteiger partial charge in [-0.05, 0) is 30.7 Å². The van der Waals surface area contributed by atoms with E-state index in [1.165, 1.54) is 4.52 Å². The Morgan fingerprint density at radius 2 is 2.00 bits per heavy atom. The molecule has 0 aliphatic carbocycles. The first kappa shape index (κ1) is 11.2. The Hall–Kier alpha value is -1.95. The summed E-state index contributed by atoms with van der Waals surface area (Å²) < 4.78 is 2.27. The quantitative estimate of drug-likeness (QED) is 0.749. The average Bonchev–Trinajstić information content (AvgIpc) is 2.71. The summed E-state index contributed by atoms with van der Waals surface area (Å²) in [5.41, 5.74) is 2.91. The van der Waals surface area contributed by atoms with E-state index in [-0.39, 0.29) is 5.69 Å². The Labute approximate surface area is 111 Å². The summed E-state index contributed by atoms with van der Waals surface area (Å²) in [7, 11) is 0. The molecule has 0 radical (unpaired) electrons. The van der Waals surface area contributed by atoms with Crippen LogP contribution in [0.15, 0.2) is 39.6 Å². The monoisotopic (exact) mass is 304 g/mol. The number of benzene rings is 1. The molecule has 2 heterocycles. The van der Waals surface area contributed by atoms with Crippen molar-refractivity contribution < 1.29 is 0 Å². The Morgan fingerprint density at radius 3 is 2.72 bits per heavy atom. The zero-order valence-electron chi connectivity index (χ0n) is 9.51. The van der Waals surface area contributed by atoms with Gasteiger partial charge in [-0.3, -0.25) is 0 Å². The number of rotatable bonds is 1. The third kappa shape index (κ3) is 1.74. The van der Waals surface area contributed by atoms with Gasteiger partial charge in [-0.25, -0.2) is 9.89 Å². The molecule has 1 N–H and O–H groups in total. The molecule has 0 amide bonds. The van der Waals surface area contributed by atoms with Gasteiger partial charge in [0, 0.05) is 10.0 Å². The van der Waals surface area contributed by atoms with Crippen molar-refractivity contribution in [3.63, 3.8) is 0 Å². The van der Waals surface area contributed by atoms with Crippen LogP contribution in [-0.4, -0.2) is 19.8 Å². The van der Waals surface area contributed by atoms with Crippen LogP contribution in [0.5, 0.6) is 0 Å². The number of aromatic nitrogens is 4. The number of aromatic amines is 1. The minimum atomic E-state index is -0.330. The van der Waals surface area contributed by atoms with Crippen LogP contribution in [0.2, 0.25) is 0 Å². The van der Waals surface area contributed by atoms with Gasteiger partial charge in [0.05, 0.1) is 5.69 Å². The molecule has 6 heteroatoms. The number of hydrogen-bond acceptors (Lipinski definition) is 3. The molecule has 3 rings (SSSR count). The molecule has 18 heavy (non-hydrogen) atoms. The largest absolute Gasteiger partial charge is 0.364 e. The fraction of sp³-hybridized carbons (Fsp3) is 0.0833. The van der Waals surface area contributed by atoms with E-state index < -0.39 is 0 Å². The summed E-state index contributed by atoms with van der Waals surface area (Å²) in [4.78, 5) is 11.5. The van der Waals surface area contributed by atoms with Crippen LogP contribution in [-0.2, 0) is 0 Å². The van der Waals surface area contributed by atoms with E-state index in [1.807, 2.05) is 37.3 Å². The number of nitrogens with one attached hydrogen (secondary N) is 1. The fourth-order valence-corrected chi connectivity index (χ4v) is 2.09. The normalized spacial score (nSPS) is 11.0. The van der Waals surface area contributed by atoms with Gasteiger partial charge < -0.3 is 0 Å². The van der Waals surface area contributed by atoms with Crippen molar-refractivity contribution in [2.24, 2.45) is 0 Å². The number of aryl methyl sites for hydroxylation is 1. The summed E-state index contributed by atoms with van der Waals surface area (Å²) in [5.74, 6) is 0. The molecule has 0 bridgehead atoms. The van der Waals surface area contributed by atoms with Crippen molar-refractivity contribution in [3.8, 4) is 11.3 Å². The van der Waals surface area contributed by atoms with Crippen LogP contribution in [0.25, 0.3) is 16.9 Å². The molecule has 2 aromatic heterocycles. The molecule has 90 valence electrons. The van der Waals surface area contributed by atoms with Gasteiger partial charge in [-0.1, -0.05) is 28.1 Å². The molecule has 0 aliphatic heterocycles. The summed E-state index contributed by atoms with van der Waals surface area (Å²) >= 11 is 3.39. The van der Waals surface area contributed by atoms with E-state index in [2.05, 4.69) is 31.2 Å². The lowest BCUT2D eigenvalue weighted by molar-refractivity contribution is 0.880. The van der Waals surface area contributed by atoms with Crippen LogP contribution >= 0.6 is 15.9 Å². The molecular formula is C12H9BrN4O. The second-order valence-corrected chi connectivity index (χ2v) is 4.90. The van der Waals surface area contributed by atoms with E-state index in [9.17, 15) is 4.79 Å². The number of halogens is 1. The van der Waals surface area contributed by atoms with Crippen molar-refractivity contribution in [1.29, 1.82) is 0 Å². The number of nitrogens with zero attached hydrogens (tertiary/aromatic N) is 3. The maximum absolute atomic E-state index is 11.5. The highest BCUT2D eigenvalue weighted by Gasteiger charge is 2.08. The lowest BCUT2D eigenvalue weighted by atomic mass is 10.1. The molecule has 0 spiro atoms. The maximum atomic E-state index is 11.5. The van der Waals surface area contributed by atoms with Crippen molar-refractivity contribution in [2.75, 3.05) is 0 Å². The highest BCUT2D eigenvalue weighted by Crippen LogP contribution is 2.22. The topological polar surface area (TPSA) is 63.0 Å². The van der Waals surface area contributed by atoms with Crippen molar-refractivity contribution in [2.45, 2.75) is 6.92 Å². The lowest BCUT2D eigenvalue weighted by Crippen LogP contribution is -2.13. The summed E-state index contributed by atoms with van der Waals surface area (Å²) in [6.07, 6.45) is 0. The minimum absolute atomic E-state index is 0.330. The molecular weight excluding hydrogens is 296 g/mol. The Bertz CT molecular complexity index is 773. The summed E-state index contributed by atoms with van der Waals surface area (Å²) in [6, 6.07) is 9.63. The highest BCUT2D eigenvalue weighted by atomic mass is 79.9. The van der Waals surface area contributed by atoms with Crippen LogP contribution < -0.4 is 5.69 Å². The van der Waals surface area contributed by atoms with Crippen molar-refractivity contribution >= 4 is 21.6 Å². The minimum Gasteiger partial charge on any atom is -0.244 e. The van der Waals surface area contributed by atoms with E-state index in [0.29, 0.717) is 5.65 Å². The number of hydrogen-bond donors (Lipinski definition) is 1. The first-order chi connectivity index (χ1) is 8.65. The zero-order valence-corrected chi connectivity index (χ0v) is 11.1. The van der Waals surface area contributed by atoms with E-state index in [1.54, 1.807) is 0 Å². The fourth-order valence-electron chi connectivity index (χ4n) is 1.83. The molecule has 5 nitrogen and oxygen atoms in total. The van der Waals surface area contributed by atoms with Crippen LogP contribution in [0.3, 0.4) is 0 Å². The van der Waals surface area contributed by atoms with Crippen molar-refractivity contribution in [3.05, 3.63) is 50.9 Å². The maximum Gasteiger partial charge on any atom is 0.364 e. The Kier molecular flexibility index (Phi) is 2.52. The predicted molar refractivity (Wildman–Crippen MR) is 71.5 cm³/mol. The molecule has 0 saturated carbocycles. The van der Waals surface area contributed by atoms with E-state index in [4.69, 9.17) is 0 Å². The second kappa shape index (κ2) is 4.06. The van der Waals surface area contributed by atoms with E-state index in [0.717, 1.165) is 21.3 Å². The first-order valence-corrected chi connectivity index (χ1v) is 6.15. The SMILES string of the molecule is Cc1cc2n[nH]c(=O)n2nc1-c1ccc(Br)cc1. The van der Waals surface area contributed by atoms with Gasteiger partial charge in [0.15, 0.2) is 5.65 Å². The molecule has 0 unspecified atom stereocenters. The third-order valence-electron chi connectivity index (χ3n) is 2.71. The zero-order chi connectivity index (χ0) is 12.7. The van der Waals surface area contributed by atoms with Crippen LogP contribution in [0.4, 0.5) is 0 Å². The standard InChI is InChI=1S/C12H9BrN4O/c1-7-6-10-14-15-12(18)17(10)16-11(7)8-2-4-9(13)5-3-8/h2-6H,1H3,(H,15,18). The van der Waals surface area contributed by atoms with Crippen molar-refractivity contribution in [1.82, 2.24) is 19.8 Å². The van der Waals surface area contributed by atoms with E-state index >= 15 is 0 Å². The third-order valence-corrected chi connectivity index (χ3v) is 3.24. The molecule has 0 fully saturated rings. The lowest BCUT2D eigenvalue weighted by Gasteiger charge is -2.05. The first-order valence-electron chi connectivity index (χ1n) is 5.36. The molecule has 0 saturated heterocycles. The number of fused-ring (bicyclic) bond motifs is 1. The summed E-state index contributed by atoms with van der Waals surface area (Å²) in [5, 5.41) is 10.6. The highest BCUT2D eigenvalue weighted by molar-refractivity contribution is 9.10. The molecule has 3 aromatic rings. The predicted octanol–water partition coefficient (Wildman–Crippen LogP) is 2.16. The van der Waals surface area contributed by atoms with Crippen LogP contribution in [0, 0.1) is 6.92 Å². The van der Waals surface area contributed by atoms with Crippen LogP contribution in [0.1, 0.15) is 5.56 Å². The summed E-state index contributed by atoms with van der Waals surface area (Å²) in [6.45, 7) is 1.95. The molecule has 0 atom stereocenters. The molecule has 1 aromatic carbocycles. The Morgan fingerprint density at radius 1 is 1.28 bits per heavy atom. The van der Waals surface area contributed by atoms with Gasteiger partial charge in [0.2, 0.25) is 0 Å². The van der Waals surface area contributed by atoms with Gasteiger partial charge in [0.25, 0.3) is 0 Å². The van der Waals surface area contributed by atoms with Gasteiger partial charge in [-0.15, -0.1) is 0 Å².